The summed E-state index contributed by atoms with van der Waals surface area (Å²) in [5.41, 5.74) is 2.07. The van der Waals surface area contributed by atoms with Crippen molar-refractivity contribution in [1.29, 1.82) is 0 Å². The molecular formula is C25H30N4O3. The predicted octanol–water partition coefficient (Wildman–Crippen LogP) is 2.29. The molecule has 2 bridgehead atoms. The van der Waals surface area contributed by atoms with E-state index in [9.17, 15) is 9.59 Å². The van der Waals surface area contributed by atoms with Crippen LogP contribution >= 0.6 is 0 Å². The minimum absolute atomic E-state index is 0.0368. The highest BCUT2D eigenvalue weighted by molar-refractivity contribution is 5.79. The normalized spacial score (nSPS) is 22.4. The number of hydrogen-bond acceptors (Lipinski definition) is 5. The van der Waals surface area contributed by atoms with Crippen molar-refractivity contribution in [3.63, 3.8) is 0 Å². The summed E-state index contributed by atoms with van der Waals surface area (Å²) in [6.45, 7) is 3.15. The molecule has 7 heteroatoms. The highest BCUT2D eigenvalue weighted by atomic mass is 16.5. The van der Waals surface area contributed by atoms with Crippen molar-refractivity contribution < 1.29 is 14.3 Å². The molecule has 2 aliphatic heterocycles. The molecule has 7 nitrogen and oxygen atoms in total. The number of carbonyl (C=O) groups is 2. The average molecular weight is 435 g/mol. The minimum atomic E-state index is 0.0368. The molecule has 3 heterocycles. The first-order valence-electron chi connectivity index (χ1n) is 11.2. The van der Waals surface area contributed by atoms with Gasteiger partial charge >= 0.3 is 0 Å². The Hall–Kier alpha value is -3.19. The summed E-state index contributed by atoms with van der Waals surface area (Å²) in [5, 5.41) is 6.26. The molecule has 2 atom stereocenters. The third-order valence-electron chi connectivity index (χ3n) is 6.13. The smallest absolute Gasteiger partial charge is 0.236 e. The molecule has 0 unspecified atom stereocenters. The van der Waals surface area contributed by atoms with Gasteiger partial charge < -0.3 is 20.3 Å². The van der Waals surface area contributed by atoms with E-state index >= 15 is 0 Å². The first-order valence-corrected chi connectivity index (χ1v) is 11.2. The Bertz CT molecular complexity index is 947. The molecule has 0 saturated carbocycles. The number of ether oxygens (including phenoxy) is 1. The van der Waals surface area contributed by atoms with Crippen molar-refractivity contribution in [2.24, 2.45) is 11.8 Å². The number of pyridine rings is 1. The van der Waals surface area contributed by atoms with Crippen molar-refractivity contribution in [2.45, 2.75) is 25.9 Å². The van der Waals surface area contributed by atoms with Gasteiger partial charge in [-0.05, 0) is 42.0 Å². The number of piperidine rings is 1. The van der Waals surface area contributed by atoms with Crippen LogP contribution in [0.4, 0.5) is 0 Å². The molecule has 2 amide bonds. The lowest BCUT2D eigenvalue weighted by molar-refractivity contribution is -0.132. The molecule has 168 valence electrons. The van der Waals surface area contributed by atoms with Gasteiger partial charge in [0.15, 0.2) is 0 Å². The summed E-state index contributed by atoms with van der Waals surface area (Å²) in [7, 11) is 0. The van der Waals surface area contributed by atoms with Gasteiger partial charge in [0.25, 0.3) is 0 Å². The molecule has 2 N–H and O–H groups in total. The summed E-state index contributed by atoms with van der Waals surface area (Å²) in [6, 6.07) is 11.7. The second kappa shape index (κ2) is 10.9. The van der Waals surface area contributed by atoms with Gasteiger partial charge in [0.2, 0.25) is 11.8 Å². The molecule has 0 radical (unpaired) electrons. The van der Waals surface area contributed by atoms with Gasteiger partial charge in [-0.1, -0.05) is 30.4 Å². The number of hydrogen-bond donors (Lipinski definition) is 2. The van der Waals surface area contributed by atoms with Gasteiger partial charge in [0.1, 0.15) is 12.4 Å². The summed E-state index contributed by atoms with van der Waals surface area (Å²) in [4.78, 5) is 31.3. The molecule has 32 heavy (non-hydrogen) atoms. The van der Waals surface area contributed by atoms with Crippen LogP contribution in [0.15, 0.2) is 60.9 Å². The lowest BCUT2D eigenvalue weighted by atomic mass is 9.82. The van der Waals surface area contributed by atoms with Crippen molar-refractivity contribution in [1.82, 2.24) is 20.5 Å². The summed E-state index contributed by atoms with van der Waals surface area (Å²) >= 11 is 0. The van der Waals surface area contributed by atoms with Crippen LogP contribution < -0.4 is 15.4 Å². The number of nitrogens with zero attached hydrogens (tertiary/aromatic N) is 2. The molecule has 0 spiro atoms. The van der Waals surface area contributed by atoms with Crippen LogP contribution in [0.3, 0.4) is 0 Å². The zero-order valence-corrected chi connectivity index (χ0v) is 18.2. The van der Waals surface area contributed by atoms with E-state index in [2.05, 4.69) is 21.7 Å². The number of rotatable bonds is 4. The van der Waals surface area contributed by atoms with Gasteiger partial charge in [0, 0.05) is 50.6 Å². The lowest BCUT2D eigenvalue weighted by Crippen LogP contribution is -2.47. The van der Waals surface area contributed by atoms with Gasteiger partial charge in [-0.15, -0.1) is 0 Å². The maximum atomic E-state index is 12.8. The average Bonchev–Trinajstić information content (AvgIpc) is 2.83. The van der Waals surface area contributed by atoms with Crippen LogP contribution in [0.5, 0.6) is 5.75 Å². The van der Waals surface area contributed by atoms with E-state index in [0.29, 0.717) is 45.8 Å². The highest BCUT2D eigenvalue weighted by Crippen LogP contribution is 2.28. The van der Waals surface area contributed by atoms with Gasteiger partial charge in [0.05, 0.1) is 6.54 Å². The Balaban J connectivity index is 1.40. The Morgan fingerprint density at radius 2 is 2.03 bits per heavy atom. The van der Waals surface area contributed by atoms with Crippen LogP contribution in [0.25, 0.3) is 0 Å². The Morgan fingerprint density at radius 1 is 1.19 bits per heavy atom. The molecule has 1 aromatic carbocycles. The standard InChI is InChI=1S/C25H30N4O3/c30-24(28-15-19-7-10-26-11-8-19)14-20-9-12-29-18-22(20)5-3-13-32-23-6-2-1-4-21(23)16-27-17-25(29)31/h1-8,10-11,20,22,27H,9,12-18H2,(H,28,30)/b5-3+/t20-,22-/m0/s1. The van der Waals surface area contributed by atoms with Crippen LogP contribution in [-0.2, 0) is 22.7 Å². The van der Waals surface area contributed by atoms with Crippen molar-refractivity contribution in [2.75, 3.05) is 26.2 Å². The number of nitrogens with one attached hydrogen (secondary N) is 2. The molecular weight excluding hydrogens is 404 g/mol. The van der Waals surface area contributed by atoms with Gasteiger partial charge in [-0.25, -0.2) is 0 Å². The second-order valence-corrected chi connectivity index (χ2v) is 8.34. The lowest BCUT2D eigenvalue weighted by Gasteiger charge is -2.37. The topological polar surface area (TPSA) is 83.6 Å². The second-order valence-electron chi connectivity index (χ2n) is 8.34. The van der Waals surface area contributed by atoms with Crippen LogP contribution in [0, 0.1) is 11.8 Å². The summed E-state index contributed by atoms with van der Waals surface area (Å²) < 4.78 is 5.96. The minimum Gasteiger partial charge on any atom is -0.489 e. The fourth-order valence-corrected chi connectivity index (χ4v) is 4.31. The van der Waals surface area contributed by atoms with Crippen molar-refractivity contribution in [3.8, 4) is 5.75 Å². The zero-order valence-electron chi connectivity index (χ0n) is 18.2. The first kappa shape index (κ1) is 22.0. The van der Waals surface area contributed by atoms with Gasteiger partial charge in [-0.3, -0.25) is 14.6 Å². The van der Waals surface area contributed by atoms with E-state index in [0.717, 1.165) is 23.3 Å². The van der Waals surface area contributed by atoms with Crippen LogP contribution in [0.1, 0.15) is 24.0 Å². The monoisotopic (exact) mass is 434 g/mol. The molecule has 1 saturated heterocycles. The maximum absolute atomic E-state index is 12.8. The first-order chi connectivity index (χ1) is 15.7. The largest absolute Gasteiger partial charge is 0.489 e. The highest BCUT2D eigenvalue weighted by Gasteiger charge is 2.31. The van der Waals surface area contributed by atoms with E-state index in [4.69, 9.17) is 4.74 Å². The third kappa shape index (κ3) is 5.95. The van der Waals surface area contributed by atoms with E-state index in [1.54, 1.807) is 12.4 Å². The number of amides is 2. The number of fused-ring (bicyclic) bond motifs is 3. The number of aromatic nitrogens is 1. The zero-order chi connectivity index (χ0) is 22.2. The summed E-state index contributed by atoms with van der Waals surface area (Å²) in [5.74, 6) is 1.28. The predicted molar refractivity (Wildman–Crippen MR) is 122 cm³/mol. The fraction of sp³-hybridized carbons (Fsp3) is 0.400. The molecule has 1 fully saturated rings. The summed E-state index contributed by atoms with van der Waals surface area (Å²) in [6.07, 6.45) is 8.84. The third-order valence-corrected chi connectivity index (χ3v) is 6.13. The van der Waals surface area contributed by atoms with E-state index in [1.165, 1.54) is 0 Å². The quantitative estimate of drug-likeness (QED) is 0.722. The molecule has 0 aliphatic carbocycles. The Morgan fingerprint density at radius 3 is 2.91 bits per heavy atom. The number of benzene rings is 1. The Kier molecular flexibility index (Phi) is 7.51. The van der Waals surface area contributed by atoms with E-state index < -0.39 is 0 Å². The van der Waals surface area contributed by atoms with Crippen molar-refractivity contribution >= 4 is 11.8 Å². The van der Waals surface area contributed by atoms with E-state index in [-0.39, 0.29) is 23.7 Å². The molecule has 1 aromatic heterocycles. The maximum Gasteiger partial charge on any atom is 0.236 e. The van der Waals surface area contributed by atoms with Crippen LogP contribution in [0.2, 0.25) is 0 Å². The SMILES string of the molecule is O=C(C[C@@H]1CCN2C[C@@H]1/C=C/COc1ccccc1CNCC2=O)NCc1ccncc1. The number of para-hydroxylation sites is 1. The molecule has 4 rings (SSSR count). The Labute approximate surface area is 188 Å². The van der Waals surface area contributed by atoms with Crippen molar-refractivity contribution in [3.05, 3.63) is 72.1 Å². The number of carbonyl (C=O) groups excluding carboxylic acids is 2. The molecule has 2 aromatic rings. The fourth-order valence-electron chi connectivity index (χ4n) is 4.31. The van der Waals surface area contributed by atoms with Crippen LogP contribution in [-0.4, -0.2) is 47.9 Å². The van der Waals surface area contributed by atoms with Gasteiger partial charge in [-0.2, -0.15) is 0 Å². The van der Waals surface area contributed by atoms with E-state index in [1.807, 2.05) is 47.4 Å². The molecule has 2 aliphatic rings.